The van der Waals surface area contributed by atoms with E-state index >= 15 is 0 Å². The average Bonchev–Trinajstić information content (AvgIpc) is 1.96. The molecule has 0 aliphatic heterocycles. The van der Waals surface area contributed by atoms with Gasteiger partial charge in [0.1, 0.15) is 0 Å². The van der Waals surface area contributed by atoms with Crippen LogP contribution in [-0.2, 0) is 10.1 Å². The molecule has 74 valence electrons. The van der Waals surface area contributed by atoms with Crippen LogP contribution in [-0.4, -0.2) is 35.2 Å². The Bertz CT molecular complexity index is 198. The first kappa shape index (κ1) is 11.8. The summed E-state index contributed by atoms with van der Waals surface area (Å²) >= 11 is 0. The van der Waals surface area contributed by atoms with Crippen molar-refractivity contribution in [3.63, 3.8) is 0 Å². The van der Waals surface area contributed by atoms with E-state index in [1.807, 2.05) is 0 Å². The summed E-state index contributed by atoms with van der Waals surface area (Å²) in [4.78, 5) is 0. The van der Waals surface area contributed by atoms with Gasteiger partial charge in [0.2, 0.25) is 0 Å². The third-order valence-corrected chi connectivity index (χ3v) is 2.38. The van der Waals surface area contributed by atoms with Gasteiger partial charge < -0.3 is 10.2 Å². The van der Waals surface area contributed by atoms with Crippen LogP contribution < -0.4 is 0 Å². The maximum Gasteiger partial charge on any atom is 0.291 e. The fourth-order valence-electron chi connectivity index (χ4n) is 0.756. The molecule has 0 bridgehead atoms. The number of hydrogen-bond acceptors (Lipinski definition) is 4. The predicted octanol–water partition coefficient (Wildman–Crippen LogP) is -0.255. The molecule has 0 saturated heterocycles. The van der Waals surface area contributed by atoms with Crippen molar-refractivity contribution >= 4 is 10.1 Å². The van der Waals surface area contributed by atoms with Gasteiger partial charge >= 0.3 is 0 Å². The Kier molecular flexibility index (Phi) is 5.39. The molecule has 12 heavy (non-hydrogen) atoms. The van der Waals surface area contributed by atoms with Crippen molar-refractivity contribution in [1.82, 2.24) is 0 Å². The van der Waals surface area contributed by atoms with Crippen molar-refractivity contribution in [1.29, 1.82) is 0 Å². The summed E-state index contributed by atoms with van der Waals surface area (Å²) in [7, 11) is -4.30. The molecule has 0 aliphatic carbocycles. The van der Waals surface area contributed by atoms with Gasteiger partial charge in [-0.1, -0.05) is 6.42 Å². The molecule has 0 aromatic carbocycles. The first-order valence-electron chi connectivity index (χ1n) is 3.73. The maximum absolute atomic E-state index is 10.3. The van der Waals surface area contributed by atoms with Crippen molar-refractivity contribution < 1.29 is 23.2 Å². The van der Waals surface area contributed by atoms with Crippen LogP contribution in [0.3, 0.4) is 0 Å². The van der Waals surface area contributed by atoms with E-state index in [1.54, 1.807) is 0 Å². The smallest absolute Gasteiger partial charge is 0.291 e. The van der Waals surface area contributed by atoms with Gasteiger partial charge in [0.15, 0.2) is 5.44 Å². The highest BCUT2D eigenvalue weighted by Crippen LogP contribution is 2.07. The Hall–Kier alpha value is -0.170. The summed E-state index contributed by atoms with van der Waals surface area (Å²) in [5, 5.41) is 17.1. The molecule has 5 nitrogen and oxygen atoms in total. The molecule has 3 N–H and O–H groups in total. The number of aliphatic hydroxyl groups excluding tert-OH is 2. The van der Waals surface area contributed by atoms with Gasteiger partial charge in [-0.15, -0.1) is 0 Å². The summed E-state index contributed by atoms with van der Waals surface area (Å²) in [6, 6.07) is 0. The van der Waals surface area contributed by atoms with Crippen molar-refractivity contribution in [2.24, 2.45) is 0 Å². The molecule has 0 fully saturated rings. The molecule has 0 amide bonds. The molecule has 6 heteroatoms. The fraction of sp³-hybridized carbons (Fsp3) is 1.00. The lowest BCUT2D eigenvalue weighted by Crippen LogP contribution is -2.19. The number of aliphatic hydroxyl groups is 2. The van der Waals surface area contributed by atoms with E-state index < -0.39 is 15.6 Å². The topological polar surface area (TPSA) is 94.8 Å². The molecular formula is C6H14O5S. The van der Waals surface area contributed by atoms with Crippen LogP contribution in [0.5, 0.6) is 0 Å². The molecule has 0 saturated carbocycles. The van der Waals surface area contributed by atoms with Gasteiger partial charge in [-0.25, -0.2) is 0 Å². The van der Waals surface area contributed by atoms with Crippen LogP contribution in [0.1, 0.15) is 25.7 Å². The summed E-state index contributed by atoms with van der Waals surface area (Å²) in [6.07, 6.45) is 1.71. The lowest BCUT2D eigenvalue weighted by Gasteiger charge is -2.05. The van der Waals surface area contributed by atoms with Crippen molar-refractivity contribution in [2.45, 2.75) is 31.1 Å². The zero-order chi connectivity index (χ0) is 9.61. The lowest BCUT2D eigenvalue weighted by atomic mass is 10.2. The monoisotopic (exact) mass is 198 g/mol. The van der Waals surface area contributed by atoms with Crippen molar-refractivity contribution in [2.75, 3.05) is 6.61 Å². The summed E-state index contributed by atoms with van der Waals surface area (Å²) in [5.74, 6) is 0. The second-order valence-electron chi connectivity index (χ2n) is 2.54. The minimum atomic E-state index is -4.30. The Labute approximate surface area is 71.8 Å². The standard InChI is InChI=1S/C6H14O5S/c7-5-3-1-2-4-6(8)12(9,10)11/h6-8H,1-5H2,(H,9,10,11). The second-order valence-corrected chi connectivity index (χ2v) is 4.12. The zero-order valence-electron chi connectivity index (χ0n) is 6.68. The summed E-state index contributed by atoms with van der Waals surface area (Å²) in [6.45, 7) is 0.0575. The lowest BCUT2D eigenvalue weighted by molar-refractivity contribution is 0.216. The van der Waals surface area contributed by atoms with E-state index in [-0.39, 0.29) is 13.0 Å². The molecule has 1 atom stereocenters. The van der Waals surface area contributed by atoms with Crippen LogP contribution in [0.25, 0.3) is 0 Å². The Balaban J connectivity index is 3.52. The van der Waals surface area contributed by atoms with Gasteiger partial charge in [-0.3, -0.25) is 4.55 Å². The van der Waals surface area contributed by atoms with E-state index in [2.05, 4.69) is 0 Å². The van der Waals surface area contributed by atoms with E-state index in [9.17, 15) is 8.42 Å². The van der Waals surface area contributed by atoms with Gasteiger partial charge in [0.05, 0.1) is 0 Å². The van der Waals surface area contributed by atoms with Gasteiger partial charge in [-0.2, -0.15) is 8.42 Å². The van der Waals surface area contributed by atoms with E-state index in [1.165, 1.54) is 0 Å². The van der Waals surface area contributed by atoms with E-state index in [0.717, 1.165) is 0 Å². The van der Waals surface area contributed by atoms with Crippen LogP contribution in [0.2, 0.25) is 0 Å². The minimum absolute atomic E-state index is 0.0127. The maximum atomic E-state index is 10.3. The molecule has 0 spiro atoms. The molecule has 0 aromatic rings. The molecular weight excluding hydrogens is 184 g/mol. The van der Waals surface area contributed by atoms with Crippen LogP contribution >= 0.6 is 0 Å². The van der Waals surface area contributed by atoms with E-state index in [4.69, 9.17) is 14.8 Å². The Morgan fingerprint density at radius 2 is 1.75 bits per heavy atom. The quantitative estimate of drug-likeness (QED) is 0.404. The molecule has 0 radical (unpaired) electrons. The summed E-state index contributed by atoms with van der Waals surface area (Å²) < 4.78 is 28.8. The average molecular weight is 198 g/mol. The normalized spacial score (nSPS) is 14.6. The largest absolute Gasteiger partial charge is 0.396 e. The second kappa shape index (κ2) is 5.47. The van der Waals surface area contributed by atoms with Crippen LogP contribution in [0.15, 0.2) is 0 Å². The molecule has 0 rings (SSSR count). The van der Waals surface area contributed by atoms with Crippen molar-refractivity contribution in [3.05, 3.63) is 0 Å². The molecule has 1 unspecified atom stereocenters. The summed E-state index contributed by atoms with van der Waals surface area (Å²) in [5.41, 5.74) is -1.68. The van der Waals surface area contributed by atoms with Gasteiger partial charge in [0, 0.05) is 6.61 Å². The van der Waals surface area contributed by atoms with Crippen LogP contribution in [0.4, 0.5) is 0 Å². The SMILES string of the molecule is O=S(=O)(O)C(O)CCCCCO. The van der Waals surface area contributed by atoms with E-state index in [0.29, 0.717) is 19.3 Å². The molecule has 0 aromatic heterocycles. The Morgan fingerprint density at radius 1 is 1.17 bits per heavy atom. The van der Waals surface area contributed by atoms with Gasteiger partial charge in [-0.05, 0) is 19.3 Å². The molecule has 0 heterocycles. The number of hydrogen-bond donors (Lipinski definition) is 3. The predicted molar refractivity (Wildman–Crippen MR) is 43.1 cm³/mol. The third kappa shape index (κ3) is 5.48. The zero-order valence-corrected chi connectivity index (χ0v) is 7.50. The first-order chi connectivity index (χ1) is 5.48. The van der Waals surface area contributed by atoms with Crippen LogP contribution in [0, 0.1) is 0 Å². The van der Waals surface area contributed by atoms with Crippen molar-refractivity contribution in [3.8, 4) is 0 Å². The Morgan fingerprint density at radius 3 is 2.17 bits per heavy atom. The third-order valence-electron chi connectivity index (χ3n) is 1.45. The number of unbranched alkanes of at least 4 members (excludes halogenated alkanes) is 2. The number of rotatable bonds is 6. The highest BCUT2D eigenvalue weighted by atomic mass is 32.2. The highest BCUT2D eigenvalue weighted by molar-refractivity contribution is 7.86. The minimum Gasteiger partial charge on any atom is -0.396 e. The first-order valence-corrected chi connectivity index (χ1v) is 5.24. The van der Waals surface area contributed by atoms with Gasteiger partial charge in [0.25, 0.3) is 10.1 Å². The highest BCUT2D eigenvalue weighted by Gasteiger charge is 2.17. The molecule has 0 aliphatic rings. The fourth-order valence-corrected chi connectivity index (χ4v) is 1.22.